The molecule has 1 aromatic heterocycles. The predicted octanol–water partition coefficient (Wildman–Crippen LogP) is 3.27. The molecule has 1 N–H and O–H groups in total. The third-order valence-corrected chi connectivity index (χ3v) is 4.25. The summed E-state index contributed by atoms with van der Waals surface area (Å²) < 4.78 is 2.52. The van der Waals surface area contributed by atoms with Crippen LogP contribution >= 0.6 is 22.6 Å². The molecule has 0 aliphatic heterocycles. The lowest BCUT2D eigenvalue weighted by Gasteiger charge is -2.14. The number of carbonyl (C=O) groups is 1. The van der Waals surface area contributed by atoms with Crippen molar-refractivity contribution in [2.24, 2.45) is 0 Å². The lowest BCUT2D eigenvalue weighted by molar-refractivity contribution is 0.102. The molecule has 0 saturated heterocycles. The molecule has 0 spiro atoms. The number of benzene rings is 2. The number of aromatic nitrogens is 2. The molecule has 0 fully saturated rings. The first-order valence-electron chi connectivity index (χ1n) is 7.16. The van der Waals surface area contributed by atoms with Gasteiger partial charge in [0.2, 0.25) is 0 Å². The molecule has 6 heteroatoms. The molecule has 1 amide bonds. The van der Waals surface area contributed by atoms with E-state index in [-0.39, 0.29) is 11.6 Å². The summed E-state index contributed by atoms with van der Waals surface area (Å²) in [5, 5.41) is 3.61. The number of anilines is 1. The molecule has 0 saturated carbocycles. The van der Waals surface area contributed by atoms with E-state index in [0.717, 1.165) is 8.96 Å². The Kier molecular flexibility index (Phi) is 4.42. The van der Waals surface area contributed by atoms with E-state index >= 15 is 0 Å². The van der Waals surface area contributed by atoms with Crippen LogP contribution in [0.5, 0.6) is 0 Å². The molecular weight excluding hydrogens is 405 g/mol. The van der Waals surface area contributed by atoms with Crippen LogP contribution in [0.1, 0.15) is 17.3 Å². The molecule has 0 radical (unpaired) electrons. The highest BCUT2D eigenvalue weighted by molar-refractivity contribution is 14.1. The summed E-state index contributed by atoms with van der Waals surface area (Å²) in [6.07, 6.45) is 0. The molecule has 0 unspecified atom stereocenters. The summed E-state index contributed by atoms with van der Waals surface area (Å²) in [4.78, 5) is 28.7. The number of amides is 1. The molecule has 5 nitrogen and oxygen atoms in total. The van der Waals surface area contributed by atoms with Crippen molar-refractivity contribution in [2.45, 2.75) is 13.5 Å². The van der Waals surface area contributed by atoms with E-state index in [1.165, 1.54) is 4.57 Å². The number of hydrogen-bond acceptors (Lipinski definition) is 3. The van der Waals surface area contributed by atoms with E-state index in [4.69, 9.17) is 0 Å². The maximum absolute atomic E-state index is 12.5. The summed E-state index contributed by atoms with van der Waals surface area (Å²) in [5.41, 5.74) is 0.741. The van der Waals surface area contributed by atoms with E-state index in [0.29, 0.717) is 23.4 Å². The van der Waals surface area contributed by atoms with Gasteiger partial charge in [-0.25, -0.2) is 4.79 Å². The van der Waals surface area contributed by atoms with E-state index in [1.807, 2.05) is 37.3 Å². The van der Waals surface area contributed by atoms with Crippen LogP contribution in [-0.2, 0) is 6.54 Å². The van der Waals surface area contributed by atoms with Gasteiger partial charge in [-0.1, -0.05) is 12.1 Å². The fourth-order valence-electron chi connectivity index (χ4n) is 2.38. The Bertz CT molecular complexity index is 933. The third-order valence-electron chi connectivity index (χ3n) is 3.53. The number of hydrogen-bond donors (Lipinski definition) is 1. The van der Waals surface area contributed by atoms with Crippen LogP contribution < -0.4 is 11.0 Å². The minimum Gasteiger partial charge on any atom is -0.307 e. The highest BCUT2D eigenvalue weighted by atomic mass is 127. The van der Waals surface area contributed by atoms with Crippen molar-refractivity contribution < 1.29 is 4.79 Å². The Morgan fingerprint density at radius 3 is 2.57 bits per heavy atom. The monoisotopic (exact) mass is 419 g/mol. The summed E-state index contributed by atoms with van der Waals surface area (Å²) in [7, 11) is 0. The van der Waals surface area contributed by atoms with Crippen molar-refractivity contribution >= 4 is 45.2 Å². The number of nitrogens with zero attached hydrogens (tertiary/aromatic N) is 2. The Morgan fingerprint density at radius 1 is 1.17 bits per heavy atom. The summed E-state index contributed by atoms with van der Waals surface area (Å²) in [6.45, 7) is 2.28. The second-order valence-electron chi connectivity index (χ2n) is 4.97. The van der Waals surface area contributed by atoms with Crippen LogP contribution in [0.2, 0.25) is 0 Å². The molecular formula is C17H14IN3O2. The second kappa shape index (κ2) is 6.49. The van der Waals surface area contributed by atoms with Gasteiger partial charge in [-0.05, 0) is 65.9 Å². The molecule has 0 atom stereocenters. The molecule has 1 heterocycles. The average molecular weight is 419 g/mol. The normalized spacial score (nSPS) is 10.7. The van der Waals surface area contributed by atoms with Gasteiger partial charge in [0.05, 0.1) is 5.52 Å². The van der Waals surface area contributed by atoms with Crippen molar-refractivity contribution in [3.63, 3.8) is 0 Å². The summed E-state index contributed by atoms with van der Waals surface area (Å²) >= 11 is 2.19. The van der Waals surface area contributed by atoms with Crippen molar-refractivity contribution in [3.05, 3.63) is 68.1 Å². The third kappa shape index (κ3) is 3.12. The summed E-state index contributed by atoms with van der Waals surface area (Å²) in [5.74, 6) is 0.228. The molecule has 2 aromatic carbocycles. The molecule has 0 aliphatic rings. The van der Waals surface area contributed by atoms with Crippen LogP contribution in [0.25, 0.3) is 10.9 Å². The van der Waals surface area contributed by atoms with Gasteiger partial charge in [-0.2, -0.15) is 4.98 Å². The molecule has 3 rings (SSSR count). The van der Waals surface area contributed by atoms with Crippen molar-refractivity contribution in [1.29, 1.82) is 0 Å². The van der Waals surface area contributed by atoms with Crippen molar-refractivity contribution in [1.82, 2.24) is 9.55 Å². The minimum absolute atomic E-state index is 0.251. The van der Waals surface area contributed by atoms with Crippen LogP contribution in [0, 0.1) is 3.57 Å². The maximum atomic E-state index is 12.5. The number of fused-ring (bicyclic) bond motifs is 1. The largest absolute Gasteiger partial charge is 0.349 e. The molecule has 23 heavy (non-hydrogen) atoms. The zero-order valence-corrected chi connectivity index (χ0v) is 14.6. The predicted molar refractivity (Wildman–Crippen MR) is 98.8 cm³/mol. The number of nitrogens with one attached hydrogen (secondary N) is 1. The molecule has 116 valence electrons. The van der Waals surface area contributed by atoms with Gasteiger partial charge in [0.1, 0.15) is 5.82 Å². The first kappa shape index (κ1) is 15.7. The Hall–Kier alpha value is -2.22. The van der Waals surface area contributed by atoms with Crippen LogP contribution in [-0.4, -0.2) is 15.5 Å². The lowest BCUT2D eigenvalue weighted by atomic mass is 10.2. The van der Waals surface area contributed by atoms with Gasteiger partial charge < -0.3 is 5.32 Å². The fourth-order valence-corrected chi connectivity index (χ4v) is 2.74. The van der Waals surface area contributed by atoms with Crippen LogP contribution in [0.4, 0.5) is 5.82 Å². The zero-order valence-electron chi connectivity index (χ0n) is 12.4. The Morgan fingerprint density at radius 2 is 1.87 bits per heavy atom. The highest BCUT2D eigenvalue weighted by Gasteiger charge is 2.14. The van der Waals surface area contributed by atoms with E-state index < -0.39 is 0 Å². The van der Waals surface area contributed by atoms with Gasteiger partial charge in [-0.15, -0.1) is 0 Å². The van der Waals surface area contributed by atoms with Gasteiger partial charge in [0.25, 0.3) is 5.91 Å². The van der Waals surface area contributed by atoms with Gasteiger partial charge >= 0.3 is 5.69 Å². The van der Waals surface area contributed by atoms with Gasteiger partial charge in [0, 0.05) is 21.1 Å². The maximum Gasteiger partial charge on any atom is 0.349 e. The van der Waals surface area contributed by atoms with Gasteiger partial charge in [-0.3, -0.25) is 9.36 Å². The summed E-state index contributed by atoms with van der Waals surface area (Å²) in [6, 6.07) is 14.5. The second-order valence-corrected chi connectivity index (χ2v) is 6.21. The van der Waals surface area contributed by atoms with E-state index in [2.05, 4.69) is 32.9 Å². The van der Waals surface area contributed by atoms with Crippen LogP contribution in [0.15, 0.2) is 53.3 Å². The number of carbonyl (C=O) groups excluding carboxylic acids is 1. The van der Waals surface area contributed by atoms with Crippen LogP contribution in [0.3, 0.4) is 0 Å². The first-order chi connectivity index (χ1) is 11.1. The molecule has 0 aliphatic carbocycles. The Labute approximate surface area is 146 Å². The SMILES string of the molecule is CCn1c(NC(=O)c2ccc(I)cc2)c2ccccc2nc1=O. The number of halogens is 1. The minimum atomic E-state index is -0.371. The number of para-hydroxylation sites is 1. The lowest BCUT2D eigenvalue weighted by Crippen LogP contribution is -2.27. The number of rotatable bonds is 3. The van der Waals surface area contributed by atoms with E-state index in [1.54, 1.807) is 18.2 Å². The first-order valence-corrected chi connectivity index (χ1v) is 8.24. The van der Waals surface area contributed by atoms with Gasteiger partial charge in [0.15, 0.2) is 0 Å². The quantitative estimate of drug-likeness (QED) is 0.663. The van der Waals surface area contributed by atoms with Crippen molar-refractivity contribution in [3.8, 4) is 0 Å². The topological polar surface area (TPSA) is 64.0 Å². The average Bonchev–Trinajstić information content (AvgIpc) is 2.55. The van der Waals surface area contributed by atoms with E-state index in [9.17, 15) is 9.59 Å². The van der Waals surface area contributed by atoms with Crippen molar-refractivity contribution in [2.75, 3.05) is 5.32 Å². The standard InChI is InChI=1S/C17H14IN3O2/c1-2-21-15(13-5-3-4-6-14(13)19-17(21)23)20-16(22)11-7-9-12(18)10-8-11/h3-10H,2H2,1H3,(H,20,22). The zero-order chi connectivity index (χ0) is 16.4. The Balaban J connectivity index is 2.09. The highest BCUT2D eigenvalue weighted by Crippen LogP contribution is 2.20. The molecule has 0 bridgehead atoms. The smallest absolute Gasteiger partial charge is 0.307 e. The fraction of sp³-hybridized carbons (Fsp3) is 0.118. The molecule has 3 aromatic rings.